The Hall–Kier alpha value is -3.86. The number of nitro groups is 1. The van der Waals surface area contributed by atoms with E-state index in [0.29, 0.717) is 5.69 Å². The summed E-state index contributed by atoms with van der Waals surface area (Å²) in [4.78, 5) is 38.2. The molecule has 0 aromatic carbocycles. The fraction of sp³-hybridized carbons (Fsp3) is 0. The predicted octanol–water partition coefficient (Wildman–Crippen LogP) is 2.33. The minimum absolute atomic E-state index is 0.116. The third kappa shape index (κ3) is 4.22. The van der Waals surface area contributed by atoms with Crippen LogP contribution >= 0.6 is 11.6 Å². The molecule has 136 valence electrons. The van der Waals surface area contributed by atoms with Gasteiger partial charge in [0.15, 0.2) is 5.15 Å². The van der Waals surface area contributed by atoms with Crippen molar-refractivity contribution in [3.8, 4) is 0 Å². The molecule has 0 radical (unpaired) electrons. The minimum atomic E-state index is -0.689. The number of anilines is 3. The molecule has 27 heavy (non-hydrogen) atoms. The molecule has 0 aliphatic heterocycles. The molecule has 1 amide bonds. The van der Waals surface area contributed by atoms with Crippen LogP contribution < -0.4 is 16.2 Å². The number of rotatable bonds is 6. The zero-order valence-electron chi connectivity index (χ0n) is 13.5. The van der Waals surface area contributed by atoms with Crippen molar-refractivity contribution < 1.29 is 9.72 Å². The quantitative estimate of drug-likeness (QED) is 0.329. The van der Waals surface area contributed by atoms with Gasteiger partial charge in [0.1, 0.15) is 6.33 Å². The van der Waals surface area contributed by atoms with Gasteiger partial charge in [-0.15, -0.1) is 0 Å². The second-order valence-corrected chi connectivity index (χ2v) is 5.32. The number of carbonyl (C=O) groups is 1. The van der Waals surface area contributed by atoms with E-state index in [1.165, 1.54) is 24.7 Å². The first kappa shape index (κ1) is 17.9. The van der Waals surface area contributed by atoms with Crippen molar-refractivity contribution in [2.24, 2.45) is 0 Å². The first-order valence-electron chi connectivity index (χ1n) is 7.39. The standard InChI is InChI=1S/C15H11ClN8O3/c16-12-10(4-2-6-18-12)21-13-11(24(26)27)14(20-8-19-13)22-23-15(25)9-3-1-5-17-7-9/h1-8H,(H,23,25)(H2,19,20,21,22). The van der Waals surface area contributed by atoms with Crippen LogP contribution in [0.3, 0.4) is 0 Å². The summed E-state index contributed by atoms with van der Waals surface area (Å²) in [6, 6.07) is 6.31. The Balaban J connectivity index is 1.84. The number of hydrogen-bond acceptors (Lipinski definition) is 9. The summed E-state index contributed by atoms with van der Waals surface area (Å²) in [6.07, 6.45) is 5.44. The molecule has 3 heterocycles. The lowest BCUT2D eigenvalue weighted by atomic mass is 10.3. The van der Waals surface area contributed by atoms with Crippen molar-refractivity contribution in [2.75, 3.05) is 10.7 Å². The van der Waals surface area contributed by atoms with E-state index in [2.05, 4.69) is 36.1 Å². The van der Waals surface area contributed by atoms with Crippen LogP contribution in [0.5, 0.6) is 0 Å². The Bertz CT molecular complexity index is 986. The molecule has 0 aliphatic carbocycles. The largest absolute Gasteiger partial charge is 0.355 e. The maximum absolute atomic E-state index is 12.1. The fourth-order valence-corrected chi connectivity index (χ4v) is 2.19. The second-order valence-electron chi connectivity index (χ2n) is 4.96. The number of halogens is 1. The average Bonchev–Trinajstić information content (AvgIpc) is 2.68. The molecule has 0 spiro atoms. The molecule has 3 N–H and O–H groups in total. The molecule has 0 unspecified atom stereocenters. The molecule has 0 atom stereocenters. The van der Waals surface area contributed by atoms with Crippen molar-refractivity contribution in [3.63, 3.8) is 0 Å². The number of carbonyl (C=O) groups excluding carboxylic acids is 1. The van der Waals surface area contributed by atoms with Crippen LogP contribution in [0.2, 0.25) is 5.15 Å². The first-order valence-corrected chi connectivity index (χ1v) is 7.77. The number of nitrogens with zero attached hydrogens (tertiary/aromatic N) is 5. The summed E-state index contributed by atoms with van der Waals surface area (Å²) in [5.74, 6) is -0.876. The van der Waals surface area contributed by atoms with Gasteiger partial charge in [-0.3, -0.25) is 30.7 Å². The highest BCUT2D eigenvalue weighted by molar-refractivity contribution is 6.32. The highest BCUT2D eigenvalue weighted by Crippen LogP contribution is 2.32. The molecule has 3 aromatic heterocycles. The van der Waals surface area contributed by atoms with Crippen LogP contribution in [0, 0.1) is 10.1 Å². The number of hydrazine groups is 1. The fourth-order valence-electron chi connectivity index (χ4n) is 2.03. The Kier molecular flexibility index (Phi) is 5.33. The zero-order valence-corrected chi connectivity index (χ0v) is 14.2. The third-order valence-electron chi connectivity index (χ3n) is 3.24. The summed E-state index contributed by atoms with van der Waals surface area (Å²) < 4.78 is 0. The van der Waals surface area contributed by atoms with Crippen LogP contribution in [0.25, 0.3) is 0 Å². The van der Waals surface area contributed by atoms with Gasteiger partial charge in [-0.2, -0.15) is 0 Å². The summed E-state index contributed by atoms with van der Waals surface area (Å²) in [7, 11) is 0. The van der Waals surface area contributed by atoms with E-state index in [0.717, 1.165) is 6.33 Å². The number of pyridine rings is 2. The maximum atomic E-state index is 12.1. The second kappa shape index (κ2) is 8.01. The van der Waals surface area contributed by atoms with E-state index in [-0.39, 0.29) is 22.4 Å². The average molecular weight is 387 g/mol. The molecule has 12 heteroatoms. The highest BCUT2D eigenvalue weighted by Gasteiger charge is 2.24. The van der Waals surface area contributed by atoms with Crippen LogP contribution in [0.4, 0.5) is 23.0 Å². The van der Waals surface area contributed by atoms with Gasteiger partial charge in [-0.05, 0) is 24.3 Å². The smallest absolute Gasteiger partial charge is 0.332 e. The minimum Gasteiger partial charge on any atom is -0.332 e. The Morgan fingerprint density at radius 2 is 1.89 bits per heavy atom. The van der Waals surface area contributed by atoms with Gasteiger partial charge in [-0.1, -0.05) is 11.6 Å². The van der Waals surface area contributed by atoms with Crippen molar-refractivity contribution in [2.45, 2.75) is 0 Å². The number of aromatic nitrogens is 4. The van der Waals surface area contributed by atoms with Gasteiger partial charge in [0.05, 0.1) is 16.2 Å². The molecular formula is C15H11ClN8O3. The summed E-state index contributed by atoms with van der Waals surface area (Å²) >= 11 is 5.95. The zero-order chi connectivity index (χ0) is 19.2. The SMILES string of the molecule is O=C(NNc1ncnc(Nc2cccnc2Cl)c1[N+](=O)[O-])c1cccnc1. The maximum Gasteiger partial charge on any atom is 0.355 e. The molecule has 0 bridgehead atoms. The van der Waals surface area contributed by atoms with E-state index in [9.17, 15) is 14.9 Å². The van der Waals surface area contributed by atoms with Crippen molar-refractivity contribution >= 4 is 40.5 Å². The molecule has 0 fully saturated rings. The van der Waals surface area contributed by atoms with E-state index in [1.807, 2.05) is 0 Å². The lowest BCUT2D eigenvalue weighted by molar-refractivity contribution is -0.383. The van der Waals surface area contributed by atoms with Gasteiger partial charge >= 0.3 is 5.69 Å². The lowest BCUT2D eigenvalue weighted by Crippen LogP contribution is -2.30. The summed E-state index contributed by atoms with van der Waals surface area (Å²) in [5.41, 5.74) is 4.86. The van der Waals surface area contributed by atoms with Crippen molar-refractivity contribution in [1.29, 1.82) is 0 Å². The van der Waals surface area contributed by atoms with Crippen LogP contribution in [-0.4, -0.2) is 30.8 Å². The Morgan fingerprint density at radius 3 is 2.59 bits per heavy atom. The van der Waals surface area contributed by atoms with Gasteiger partial charge in [0.2, 0.25) is 11.6 Å². The topological polar surface area (TPSA) is 148 Å². The van der Waals surface area contributed by atoms with E-state index in [4.69, 9.17) is 11.6 Å². The van der Waals surface area contributed by atoms with Crippen LogP contribution in [0.15, 0.2) is 49.2 Å². The lowest BCUT2D eigenvalue weighted by Gasteiger charge is -2.11. The molecule has 3 rings (SSSR count). The van der Waals surface area contributed by atoms with Crippen molar-refractivity contribution in [3.05, 3.63) is 70.0 Å². The number of amides is 1. The third-order valence-corrected chi connectivity index (χ3v) is 3.54. The van der Waals surface area contributed by atoms with Gasteiger partial charge in [-0.25, -0.2) is 15.0 Å². The number of hydrogen-bond donors (Lipinski definition) is 3. The summed E-state index contributed by atoms with van der Waals surface area (Å²) in [5, 5.41) is 14.4. The monoisotopic (exact) mass is 386 g/mol. The van der Waals surface area contributed by atoms with Gasteiger partial charge in [0, 0.05) is 18.6 Å². The summed E-state index contributed by atoms with van der Waals surface area (Å²) in [6.45, 7) is 0. The first-order chi connectivity index (χ1) is 13.1. The molecule has 0 aliphatic rings. The van der Waals surface area contributed by atoms with Crippen LogP contribution in [0.1, 0.15) is 10.4 Å². The molecule has 0 saturated carbocycles. The van der Waals surface area contributed by atoms with E-state index >= 15 is 0 Å². The molecule has 11 nitrogen and oxygen atoms in total. The van der Waals surface area contributed by atoms with E-state index in [1.54, 1.807) is 18.2 Å². The molecule has 0 saturated heterocycles. The Morgan fingerprint density at radius 1 is 1.11 bits per heavy atom. The normalized spacial score (nSPS) is 10.1. The Labute approximate surface area is 157 Å². The molecular weight excluding hydrogens is 376 g/mol. The number of nitrogens with one attached hydrogen (secondary N) is 3. The van der Waals surface area contributed by atoms with Crippen molar-refractivity contribution in [1.82, 2.24) is 25.4 Å². The molecule has 3 aromatic rings. The highest BCUT2D eigenvalue weighted by atomic mass is 35.5. The predicted molar refractivity (Wildman–Crippen MR) is 96.5 cm³/mol. The van der Waals surface area contributed by atoms with E-state index < -0.39 is 16.5 Å². The van der Waals surface area contributed by atoms with Gasteiger partial charge in [0.25, 0.3) is 5.91 Å². The van der Waals surface area contributed by atoms with Crippen LogP contribution in [-0.2, 0) is 0 Å². The van der Waals surface area contributed by atoms with Gasteiger partial charge < -0.3 is 5.32 Å².